The lowest BCUT2D eigenvalue weighted by molar-refractivity contribution is 0.148. The topological polar surface area (TPSA) is 33.0 Å². The Morgan fingerprint density at radius 2 is 2.00 bits per heavy atom. The number of ether oxygens (including phenoxy) is 1. The van der Waals surface area contributed by atoms with Crippen LogP contribution in [0, 0.1) is 11.3 Å². The Bertz CT molecular complexity index is 302. The van der Waals surface area contributed by atoms with Gasteiger partial charge in [-0.3, -0.25) is 0 Å². The molecule has 0 aliphatic heterocycles. The first-order valence-electron chi connectivity index (χ1n) is 3.88. The van der Waals surface area contributed by atoms with Crippen molar-refractivity contribution in [2.24, 2.45) is 0 Å². The van der Waals surface area contributed by atoms with Crippen LogP contribution in [0.2, 0.25) is 0 Å². The summed E-state index contributed by atoms with van der Waals surface area (Å²) in [4.78, 5) is 1.19. The number of benzene rings is 1. The van der Waals surface area contributed by atoms with Crippen LogP contribution in [0.5, 0.6) is 0 Å². The molecule has 1 aromatic carbocycles. The third kappa shape index (κ3) is 2.48. The third-order valence-corrected chi connectivity index (χ3v) is 2.52. The predicted molar refractivity (Wildman–Crippen MR) is 53.6 cm³/mol. The summed E-state index contributed by atoms with van der Waals surface area (Å²) in [5.74, 6) is 0. The van der Waals surface area contributed by atoms with E-state index in [0.29, 0.717) is 0 Å². The number of hydrogen-bond acceptors (Lipinski definition) is 3. The van der Waals surface area contributed by atoms with Crippen LogP contribution >= 0.6 is 11.8 Å². The second-order valence-electron chi connectivity index (χ2n) is 2.52. The van der Waals surface area contributed by atoms with E-state index in [0.717, 1.165) is 5.56 Å². The van der Waals surface area contributed by atoms with Crippen LogP contribution < -0.4 is 0 Å². The van der Waals surface area contributed by atoms with Crippen molar-refractivity contribution in [1.82, 2.24) is 0 Å². The molecule has 1 rings (SSSR count). The fourth-order valence-corrected chi connectivity index (χ4v) is 1.45. The van der Waals surface area contributed by atoms with Crippen molar-refractivity contribution in [1.29, 1.82) is 5.26 Å². The Morgan fingerprint density at radius 3 is 2.38 bits per heavy atom. The molecule has 2 nitrogen and oxygen atoms in total. The van der Waals surface area contributed by atoms with Gasteiger partial charge >= 0.3 is 0 Å². The molecule has 0 bridgehead atoms. The van der Waals surface area contributed by atoms with Crippen LogP contribution in [0.4, 0.5) is 0 Å². The summed E-state index contributed by atoms with van der Waals surface area (Å²) >= 11 is 1.68. The number of rotatable bonds is 3. The Hall–Kier alpha value is -0.980. The van der Waals surface area contributed by atoms with E-state index in [1.807, 2.05) is 30.5 Å². The minimum Gasteiger partial charge on any atom is -0.362 e. The molecule has 0 spiro atoms. The van der Waals surface area contributed by atoms with Gasteiger partial charge in [-0.25, -0.2) is 0 Å². The molecule has 0 aliphatic carbocycles. The Labute approximate surface area is 82.5 Å². The number of hydrogen-bond donors (Lipinski definition) is 0. The Balaban J connectivity index is 2.86. The molecule has 68 valence electrons. The van der Waals surface area contributed by atoms with Gasteiger partial charge in [-0.1, -0.05) is 12.1 Å². The molecule has 0 N–H and O–H groups in total. The molecule has 0 fully saturated rings. The van der Waals surface area contributed by atoms with Gasteiger partial charge in [-0.15, -0.1) is 11.8 Å². The highest BCUT2D eigenvalue weighted by molar-refractivity contribution is 7.98. The van der Waals surface area contributed by atoms with Gasteiger partial charge in [0.2, 0.25) is 0 Å². The van der Waals surface area contributed by atoms with Crippen molar-refractivity contribution >= 4 is 11.8 Å². The van der Waals surface area contributed by atoms with Crippen molar-refractivity contribution in [2.45, 2.75) is 11.0 Å². The molecule has 0 amide bonds. The van der Waals surface area contributed by atoms with Gasteiger partial charge in [-0.2, -0.15) is 5.26 Å². The second kappa shape index (κ2) is 4.90. The fraction of sp³-hybridized carbons (Fsp3) is 0.300. The number of nitrogens with zero attached hydrogens (tertiary/aromatic N) is 1. The van der Waals surface area contributed by atoms with E-state index < -0.39 is 6.10 Å². The SMILES string of the molecule is COC(C#N)c1ccc(SC)cc1. The summed E-state index contributed by atoms with van der Waals surface area (Å²) in [6.07, 6.45) is 1.57. The van der Waals surface area contributed by atoms with E-state index in [9.17, 15) is 0 Å². The number of thioether (sulfide) groups is 1. The van der Waals surface area contributed by atoms with Crippen molar-refractivity contribution in [2.75, 3.05) is 13.4 Å². The van der Waals surface area contributed by atoms with E-state index in [1.54, 1.807) is 11.8 Å². The van der Waals surface area contributed by atoms with Gasteiger partial charge in [-0.05, 0) is 24.0 Å². The summed E-state index contributed by atoms with van der Waals surface area (Å²) < 4.78 is 4.99. The first-order valence-corrected chi connectivity index (χ1v) is 5.10. The highest BCUT2D eigenvalue weighted by atomic mass is 32.2. The fourth-order valence-electron chi connectivity index (χ4n) is 1.04. The molecule has 0 saturated heterocycles. The minimum absolute atomic E-state index is 0.448. The first-order chi connectivity index (χ1) is 6.31. The van der Waals surface area contributed by atoms with E-state index in [4.69, 9.17) is 10.00 Å². The van der Waals surface area contributed by atoms with Gasteiger partial charge in [0.25, 0.3) is 0 Å². The van der Waals surface area contributed by atoms with Crippen LogP contribution in [0.15, 0.2) is 29.2 Å². The third-order valence-electron chi connectivity index (χ3n) is 1.77. The maximum absolute atomic E-state index is 8.73. The average Bonchev–Trinajstić information content (AvgIpc) is 2.21. The molecule has 1 unspecified atom stereocenters. The second-order valence-corrected chi connectivity index (χ2v) is 3.40. The highest BCUT2D eigenvalue weighted by Crippen LogP contribution is 2.20. The molecule has 0 radical (unpaired) electrons. The summed E-state index contributed by atoms with van der Waals surface area (Å²) in [6.45, 7) is 0. The summed E-state index contributed by atoms with van der Waals surface area (Å²) in [6, 6.07) is 9.90. The van der Waals surface area contributed by atoms with E-state index >= 15 is 0 Å². The Morgan fingerprint density at radius 1 is 1.38 bits per heavy atom. The standard InChI is InChI=1S/C10H11NOS/c1-12-10(7-11)8-3-5-9(13-2)6-4-8/h3-6,10H,1-2H3. The first kappa shape index (κ1) is 10.1. The van der Waals surface area contributed by atoms with Crippen molar-refractivity contribution in [3.05, 3.63) is 29.8 Å². The van der Waals surface area contributed by atoms with Gasteiger partial charge in [0.1, 0.15) is 0 Å². The monoisotopic (exact) mass is 193 g/mol. The molecule has 0 saturated carbocycles. The zero-order valence-electron chi connectivity index (χ0n) is 7.65. The van der Waals surface area contributed by atoms with Crippen LogP contribution in [0.3, 0.4) is 0 Å². The van der Waals surface area contributed by atoms with Gasteiger partial charge in [0.15, 0.2) is 6.10 Å². The lowest BCUT2D eigenvalue weighted by Crippen LogP contribution is -1.97. The molecule has 0 aromatic heterocycles. The van der Waals surface area contributed by atoms with Crippen LogP contribution in [-0.4, -0.2) is 13.4 Å². The molecule has 0 heterocycles. The maximum Gasteiger partial charge on any atom is 0.168 e. The van der Waals surface area contributed by atoms with Crippen molar-refractivity contribution in [3.63, 3.8) is 0 Å². The van der Waals surface area contributed by atoms with Gasteiger partial charge in [0, 0.05) is 12.0 Å². The number of methoxy groups -OCH3 is 1. The van der Waals surface area contributed by atoms with E-state index in [2.05, 4.69) is 6.07 Å². The molecule has 0 aliphatic rings. The number of nitriles is 1. The smallest absolute Gasteiger partial charge is 0.168 e. The van der Waals surface area contributed by atoms with Gasteiger partial charge < -0.3 is 4.74 Å². The normalized spacial score (nSPS) is 12.1. The van der Waals surface area contributed by atoms with Crippen LogP contribution in [0.1, 0.15) is 11.7 Å². The molecule has 1 aromatic rings. The largest absolute Gasteiger partial charge is 0.362 e. The zero-order chi connectivity index (χ0) is 9.68. The maximum atomic E-state index is 8.73. The summed E-state index contributed by atoms with van der Waals surface area (Å²) in [5, 5.41) is 8.73. The average molecular weight is 193 g/mol. The van der Waals surface area contributed by atoms with Gasteiger partial charge in [0.05, 0.1) is 6.07 Å². The lowest BCUT2D eigenvalue weighted by atomic mass is 10.1. The van der Waals surface area contributed by atoms with Crippen molar-refractivity contribution < 1.29 is 4.74 Å². The van der Waals surface area contributed by atoms with E-state index in [-0.39, 0.29) is 0 Å². The molecular weight excluding hydrogens is 182 g/mol. The predicted octanol–water partition coefficient (Wildman–Crippen LogP) is 2.62. The van der Waals surface area contributed by atoms with Crippen LogP contribution in [0.25, 0.3) is 0 Å². The zero-order valence-corrected chi connectivity index (χ0v) is 8.47. The Kier molecular flexibility index (Phi) is 3.81. The lowest BCUT2D eigenvalue weighted by Gasteiger charge is -2.06. The molecular formula is C10H11NOS. The highest BCUT2D eigenvalue weighted by Gasteiger charge is 2.07. The quantitative estimate of drug-likeness (QED) is 0.692. The molecule has 3 heteroatoms. The molecule has 1 atom stereocenters. The van der Waals surface area contributed by atoms with Crippen molar-refractivity contribution in [3.8, 4) is 6.07 Å². The summed E-state index contributed by atoms with van der Waals surface area (Å²) in [7, 11) is 1.54. The minimum atomic E-state index is -0.448. The molecule has 13 heavy (non-hydrogen) atoms. The van der Waals surface area contributed by atoms with E-state index in [1.165, 1.54) is 12.0 Å². The van der Waals surface area contributed by atoms with Crippen LogP contribution in [-0.2, 0) is 4.74 Å². The summed E-state index contributed by atoms with van der Waals surface area (Å²) in [5.41, 5.74) is 0.905.